The molecular weight excluding hydrogens is 329 g/mol. The van der Waals surface area contributed by atoms with E-state index in [1.165, 1.54) is 36.4 Å². The third-order valence-electron chi connectivity index (χ3n) is 3.69. The molecule has 1 atom stereocenters. The number of carbonyl (C=O) groups is 1. The number of hydrogen-bond acceptors (Lipinski definition) is 4. The number of carboxylic acid groups (broad SMARTS) is 1. The van der Waals surface area contributed by atoms with Gasteiger partial charge in [-0.2, -0.15) is 0 Å². The molecule has 0 amide bonds. The molecule has 1 N–H and O–H groups in total. The van der Waals surface area contributed by atoms with Gasteiger partial charge >= 0.3 is 11.7 Å². The third-order valence-corrected chi connectivity index (χ3v) is 3.69. The SMILES string of the molecule is CCCOc1ccc(CC(C(=O)O)c2ccc(F)cc2)cc1[N+](=O)[O-]. The molecule has 2 rings (SSSR count). The Kier molecular flexibility index (Phi) is 6.05. The Balaban J connectivity index is 2.30. The molecule has 25 heavy (non-hydrogen) atoms. The van der Waals surface area contributed by atoms with Crippen LogP contribution in [-0.2, 0) is 11.2 Å². The van der Waals surface area contributed by atoms with Crippen LogP contribution in [0.4, 0.5) is 10.1 Å². The number of aliphatic carboxylic acids is 1. The average Bonchev–Trinajstić information content (AvgIpc) is 2.59. The van der Waals surface area contributed by atoms with Gasteiger partial charge in [0.1, 0.15) is 5.82 Å². The highest BCUT2D eigenvalue weighted by atomic mass is 19.1. The van der Waals surface area contributed by atoms with Crippen molar-refractivity contribution >= 4 is 11.7 Å². The van der Waals surface area contributed by atoms with Gasteiger partial charge in [-0.05, 0) is 42.2 Å². The number of halogens is 1. The molecule has 132 valence electrons. The molecule has 0 aliphatic rings. The van der Waals surface area contributed by atoms with E-state index >= 15 is 0 Å². The zero-order valence-electron chi connectivity index (χ0n) is 13.6. The summed E-state index contributed by atoms with van der Waals surface area (Å²) in [5.41, 5.74) is 0.726. The van der Waals surface area contributed by atoms with Crippen LogP contribution in [0.25, 0.3) is 0 Å². The molecule has 0 aliphatic heterocycles. The highest BCUT2D eigenvalue weighted by Crippen LogP contribution is 2.30. The molecule has 0 fully saturated rings. The molecule has 0 bridgehead atoms. The van der Waals surface area contributed by atoms with Gasteiger partial charge in [-0.1, -0.05) is 25.1 Å². The average molecular weight is 347 g/mol. The van der Waals surface area contributed by atoms with E-state index in [1.54, 1.807) is 6.07 Å². The first-order valence-electron chi connectivity index (χ1n) is 7.80. The molecule has 0 aliphatic carbocycles. The van der Waals surface area contributed by atoms with Gasteiger partial charge in [-0.3, -0.25) is 14.9 Å². The van der Waals surface area contributed by atoms with Gasteiger partial charge in [0.05, 0.1) is 17.4 Å². The van der Waals surface area contributed by atoms with Crippen LogP contribution >= 0.6 is 0 Å². The molecule has 0 aromatic heterocycles. The van der Waals surface area contributed by atoms with Crippen molar-refractivity contribution in [1.29, 1.82) is 0 Å². The van der Waals surface area contributed by atoms with E-state index in [9.17, 15) is 24.4 Å². The van der Waals surface area contributed by atoms with Gasteiger partial charge in [-0.25, -0.2) is 4.39 Å². The van der Waals surface area contributed by atoms with Crippen molar-refractivity contribution in [2.24, 2.45) is 0 Å². The lowest BCUT2D eigenvalue weighted by atomic mass is 9.92. The van der Waals surface area contributed by atoms with Crippen molar-refractivity contribution in [3.63, 3.8) is 0 Å². The van der Waals surface area contributed by atoms with E-state index in [1.807, 2.05) is 6.92 Å². The van der Waals surface area contributed by atoms with Crippen LogP contribution in [0.1, 0.15) is 30.4 Å². The Hall–Kier alpha value is -2.96. The number of nitro benzene ring substituents is 1. The number of nitro groups is 1. The first-order valence-corrected chi connectivity index (χ1v) is 7.80. The predicted octanol–water partition coefficient (Wildman–Crippen LogP) is 3.93. The van der Waals surface area contributed by atoms with Gasteiger partial charge in [0, 0.05) is 6.07 Å². The normalized spacial score (nSPS) is 11.8. The minimum absolute atomic E-state index is 0.0515. The molecule has 0 radical (unpaired) electrons. The Bertz CT molecular complexity index is 761. The van der Waals surface area contributed by atoms with Gasteiger partial charge in [0.15, 0.2) is 5.75 Å². The number of hydrogen-bond donors (Lipinski definition) is 1. The summed E-state index contributed by atoms with van der Waals surface area (Å²) in [5.74, 6) is -2.31. The monoisotopic (exact) mass is 347 g/mol. The van der Waals surface area contributed by atoms with Crippen molar-refractivity contribution in [3.8, 4) is 5.75 Å². The lowest BCUT2D eigenvalue weighted by Gasteiger charge is -2.14. The quantitative estimate of drug-likeness (QED) is 0.577. The molecule has 0 saturated carbocycles. The molecular formula is C18H18FNO5. The van der Waals surface area contributed by atoms with E-state index in [-0.39, 0.29) is 17.9 Å². The van der Waals surface area contributed by atoms with Crippen molar-refractivity contribution in [3.05, 3.63) is 69.5 Å². The second kappa shape index (κ2) is 8.23. The van der Waals surface area contributed by atoms with Crippen LogP contribution in [-0.4, -0.2) is 22.6 Å². The zero-order valence-corrected chi connectivity index (χ0v) is 13.6. The first kappa shape index (κ1) is 18.4. The van der Waals surface area contributed by atoms with Crippen LogP contribution in [0.3, 0.4) is 0 Å². The van der Waals surface area contributed by atoms with Crippen molar-refractivity contribution < 1.29 is 24.0 Å². The van der Waals surface area contributed by atoms with E-state index in [4.69, 9.17) is 4.74 Å². The molecule has 0 heterocycles. The minimum atomic E-state index is -1.08. The molecule has 2 aromatic carbocycles. The summed E-state index contributed by atoms with van der Waals surface area (Å²) in [6.07, 6.45) is 0.764. The lowest BCUT2D eigenvalue weighted by molar-refractivity contribution is -0.385. The summed E-state index contributed by atoms with van der Waals surface area (Å²) in [6, 6.07) is 9.60. The molecule has 1 unspecified atom stereocenters. The van der Waals surface area contributed by atoms with Crippen LogP contribution < -0.4 is 4.74 Å². The topological polar surface area (TPSA) is 89.7 Å². The summed E-state index contributed by atoms with van der Waals surface area (Å²) in [6.45, 7) is 2.24. The Labute approximate surface area is 144 Å². The number of benzene rings is 2. The highest BCUT2D eigenvalue weighted by molar-refractivity contribution is 5.76. The lowest BCUT2D eigenvalue weighted by Crippen LogP contribution is -2.14. The molecule has 6 nitrogen and oxygen atoms in total. The first-order chi connectivity index (χ1) is 11.9. The van der Waals surface area contributed by atoms with Crippen molar-refractivity contribution in [2.45, 2.75) is 25.7 Å². The fraction of sp³-hybridized carbons (Fsp3) is 0.278. The van der Waals surface area contributed by atoms with E-state index in [0.29, 0.717) is 24.2 Å². The second-order valence-corrected chi connectivity index (χ2v) is 5.55. The van der Waals surface area contributed by atoms with E-state index < -0.39 is 22.6 Å². The standard InChI is InChI=1S/C18H18FNO5/c1-2-9-25-17-8-3-12(11-16(17)20(23)24)10-15(18(21)22)13-4-6-14(19)7-5-13/h3-8,11,15H,2,9-10H2,1H3,(H,21,22). The molecule has 0 spiro atoms. The maximum Gasteiger partial charge on any atom is 0.311 e. The number of ether oxygens (including phenoxy) is 1. The third kappa shape index (κ3) is 4.76. The minimum Gasteiger partial charge on any atom is -0.487 e. The van der Waals surface area contributed by atoms with Gasteiger partial charge < -0.3 is 9.84 Å². The maximum atomic E-state index is 13.0. The smallest absolute Gasteiger partial charge is 0.311 e. The summed E-state index contributed by atoms with van der Waals surface area (Å²) >= 11 is 0. The fourth-order valence-electron chi connectivity index (χ4n) is 2.45. The Morgan fingerprint density at radius 2 is 1.96 bits per heavy atom. The van der Waals surface area contributed by atoms with Crippen LogP contribution in [0.5, 0.6) is 5.75 Å². The largest absolute Gasteiger partial charge is 0.487 e. The molecule has 2 aromatic rings. The Morgan fingerprint density at radius 3 is 2.52 bits per heavy atom. The summed E-state index contributed by atoms with van der Waals surface area (Å²) < 4.78 is 18.4. The van der Waals surface area contributed by atoms with Gasteiger partial charge in [-0.15, -0.1) is 0 Å². The maximum absolute atomic E-state index is 13.0. The number of rotatable bonds is 8. The number of nitrogens with zero attached hydrogens (tertiary/aromatic N) is 1. The fourth-order valence-corrected chi connectivity index (χ4v) is 2.45. The van der Waals surface area contributed by atoms with Gasteiger partial charge in [0.2, 0.25) is 0 Å². The number of carboxylic acids is 1. The second-order valence-electron chi connectivity index (χ2n) is 5.55. The summed E-state index contributed by atoms with van der Waals surface area (Å²) in [5, 5.41) is 20.7. The van der Waals surface area contributed by atoms with E-state index in [0.717, 1.165) is 0 Å². The predicted molar refractivity (Wildman–Crippen MR) is 89.4 cm³/mol. The summed E-state index contributed by atoms with van der Waals surface area (Å²) in [4.78, 5) is 22.2. The van der Waals surface area contributed by atoms with Crippen molar-refractivity contribution in [2.75, 3.05) is 6.61 Å². The van der Waals surface area contributed by atoms with Crippen LogP contribution in [0.2, 0.25) is 0 Å². The van der Waals surface area contributed by atoms with Crippen molar-refractivity contribution in [1.82, 2.24) is 0 Å². The van der Waals surface area contributed by atoms with E-state index in [2.05, 4.69) is 0 Å². The summed E-state index contributed by atoms with van der Waals surface area (Å²) in [7, 11) is 0. The van der Waals surface area contributed by atoms with Crippen LogP contribution in [0, 0.1) is 15.9 Å². The highest BCUT2D eigenvalue weighted by Gasteiger charge is 2.23. The zero-order chi connectivity index (χ0) is 18.4. The Morgan fingerprint density at radius 1 is 1.28 bits per heavy atom. The van der Waals surface area contributed by atoms with Gasteiger partial charge in [0.25, 0.3) is 0 Å². The molecule has 0 saturated heterocycles. The molecule has 7 heteroatoms. The van der Waals surface area contributed by atoms with Crippen LogP contribution in [0.15, 0.2) is 42.5 Å².